The summed E-state index contributed by atoms with van der Waals surface area (Å²) in [6.07, 6.45) is 2.82. The van der Waals surface area contributed by atoms with Gasteiger partial charge in [0.1, 0.15) is 15.9 Å². The van der Waals surface area contributed by atoms with Gasteiger partial charge >= 0.3 is 0 Å². The van der Waals surface area contributed by atoms with Gasteiger partial charge in [-0.1, -0.05) is 48.5 Å². The highest BCUT2D eigenvalue weighted by Crippen LogP contribution is 2.41. The lowest BCUT2D eigenvalue weighted by Crippen LogP contribution is -2.32. The first-order valence-corrected chi connectivity index (χ1v) is 11.2. The van der Waals surface area contributed by atoms with Crippen molar-refractivity contribution in [3.63, 3.8) is 0 Å². The molecule has 168 valence electrons. The standard InChI is InChI=1S/C24H19Br2N3O4/c1-33-22-18(25)13-17(21(30)20(22)26)14-27-29-24(32)19(12-15-8-4-2-5-9-15)28-23(31)16-10-6-3-7-11-16/h2-14,30H,1H3,(H,28,31)(H,29,32)/b19-12?,27-14+. The van der Waals surface area contributed by atoms with E-state index >= 15 is 0 Å². The molecule has 3 aromatic rings. The minimum Gasteiger partial charge on any atom is -0.506 e. The molecule has 0 atom stereocenters. The Bertz CT molecular complexity index is 1210. The first kappa shape index (κ1) is 24.2. The number of methoxy groups -OCH3 is 1. The van der Waals surface area contributed by atoms with Gasteiger partial charge in [-0.05, 0) is 61.7 Å². The third kappa shape index (κ3) is 6.30. The molecule has 0 radical (unpaired) electrons. The van der Waals surface area contributed by atoms with Crippen LogP contribution in [-0.4, -0.2) is 30.2 Å². The summed E-state index contributed by atoms with van der Waals surface area (Å²) in [5.41, 5.74) is 3.85. The molecule has 0 unspecified atom stereocenters. The summed E-state index contributed by atoms with van der Waals surface area (Å²) in [7, 11) is 1.47. The van der Waals surface area contributed by atoms with Crippen molar-refractivity contribution in [2.75, 3.05) is 7.11 Å². The molecule has 0 spiro atoms. The number of nitrogens with one attached hydrogen (secondary N) is 2. The zero-order valence-corrected chi connectivity index (χ0v) is 20.6. The van der Waals surface area contributed by atoms with Crippen LogP contribution >= 0.6 is 31.9 Å². The van der Waals surface area contributed by atoms with E-state index in [-0.39, 0.29) is 11.4 Å². The maximum atomic E-state index is 12.8. The number of nitrogens with zero attached hydrogens (tertiary/aromatic N) is 1. The maximum absolute atomic E-state index is 12.8. The molecule has 0 aliphatic heterocycles. The van der Waals surface area contributed by atoms with Crippen LogP contribution < -0.4 is 15.5 Å². The molecule has 3 aromatic carbocycles. The van der Waals surface area contributed by atoms with Crippen molar-refractivity contribution in [2.24, 2.45) is 5.10 Å². The normalized spacial score (nSPS) is 11.3. The number of hydrazone groups is 1. The molecule has 0 aliphatic carbocycles. The van der Waals surface area contributed by atoms with Gasteiger partial charge in [0.2, 0.25) is 0 Å². The van der Waals surface area contributed by atoms with Crippen molar-refractivity contribution in [1.29, 1.82) is 0 Å². The van der Waals surface area contributed by atoms with Gasteiger partial charge in [-0.15, -0.1) is 0 Å². The second kappa shape index (κ2) is 11.4. The number of phenolic OH excluding ortho intramolecular Hbond substituents is 1. The molecule has 0 saturated carbocycles. The van der Waals surface area contributed by atoms with Crippen molar-refractivity contribution in [3.05, 3.63) is 98.1 Å². The van der Waals surface area contributed by atoms with Gasteiger partial charge in [0.15, 0.2) is 5.75 Å². The fraction of sp³-hybridized carbons (Fsp3) is 0.0417. The zero-order valence-electron chi connectivity index (χ0n) is 17.4. The van der Waals surface area contributed by atoms with Crippen molar-refractivity contribution in [1.82, 2.24) is 10.7 Å². The highest BCUT2D eigenvalue weighted by molar-refractivity contribution is 9.11. The number of rotatable bonds is 7. The van der Waals surface area contributed by atoms with Crippen molar-refractivity contribution < 1.29 is 19.4 Å². The molecule has 0 heterocycles. The van der Waals surface area contributed by atoms with E-state index in [9.17, 15) is 14.7 Å². The molecule has 7 nitrogen and oxygen atoms in total. The molecule has 33 heavy (non-hydrogen) atoms. The van der Waals surface area contributed by atoms with E-state index in [1.807, 2.05) is 18.2 Å². The summed E-state index contributed by atoms with van der Waals surface area (Å²) in [5.74, 6) is -0.751. The third-order valence-electron chi connectivity index (χ3n) is 4.39. The summed E-state index contributed by atoms with van der Waals surface area (Å²) in [6.45, 7) is 0. The Morgan fingerprint density at radius 3 is 2.30 bits per heavy atom. The van der Waals surface area contributed by atoms with E-state index in [0.717, 1.165) is 5.56 Å². The molecule has 0 fully saturated rings. The quantitative estimate of drug-likeness (QED) is 0.214. The molecule has 0 aromatic heterocycles. The van der Waals surface area contributed by atoms with Crippen LogP contribution in [0.1, 0.15) is 21.5 Å². The van der Waals surface area contributed by atoms with Gasteiger partial charge in [-0.3, -0.25) is 9.59 Å². The number of benzene rings is 3. The van der Waals surface area contributed by atoms with E-state index in [0.29, 0.717) is 25.8 Å². The highest BCUT2D eigenvalue weighted by Gasteiger charge is 2.16. The molecule has 3 N–H and O–H groups in total. The van der Waals surface area contributed by atoms with Gasteiger partial charge in [-0.2, -0.15) is 5.10 Å². The Labute approximate surface area is 207 Å². The van der Waals surface area contributed by atoms with Gasteiger partial charge in [0.05, 0.1) is 17.8 Å². The topological polar surface area (TPSA) is 100 Å². The highest BCUT2D eigenvalue weighted by atomic mass is 79.9. The lowest BCUT2D eigenvalue weighted by atomic mass is 10.1. The average Bonchev–Trinajstić information content (AvgIpc) is 2.83. The van der Waals surface area contributed by atoms with E-state index in [4.69, 9.17) is 4.74 Å². The lowest BCUT2D eigenvalue weighted by Gasteiger charge is -2.10. The Hall–Kier alpha value is -3.43. The largest absolute Gasteiger partial charge is 0.506 e. The predicted octanol–water partition coefficient (Wildman–Crippen LogP) is 4.85. The number of halogens is 2. The molecule has 2 amide bonds. The van der Waals surface area contributed by atoms with Crippen LogP contribution in [0.15, 0.2) is 86.5 Å². The SMILES string of the molecule is COc1c(Br)cc(/C=N/NC(=O)C(=Cc2ccccc2)NC(=O)c2ccccc2)c(O)c1Br. The molecule has 3 rings (SSSR count). The fourth-order valence-corrected chi connectivity index (χ4v) is 4.25. The fourth-order valence-electron chi connectivity index (χ4n) is 2.77. The Balaban J connectivity index is 1.82. The van der Waals surface area contributed by atoms with Gasteiger partial charge in [-0.25, -0.2) is 5.43 Å². The zero-order chi connectivity index (χ0) is 23.8. The number of hydrogen-bond acceptors (Lipinski definition) is 5. The summed E-state index contributed by atoms with van der Waals surface area (Å²) in [4.78, 5) is 25.4. The van der Waals surface area contributed by atoms with E-state index in [1.54, 1.807) is 54.6 Å². The molecule has 0 saturated heterocycles. The van der Waals surface area contributed by atoms with E-state index in [1.165, 1.54) is 13.3 Å². The molecule has 0 bridgehead atoms. The molecule has 9 heteroatoms. The third-order valence-corrected chi connectivity index (χ3v) is 5.72. The Morgan fingerprint density at radius 1 is 1.03 bits per heavy atom. The monoisotopic (exact) mass is 571 g/mol. The van der Waals surface area contributed by atoms with Crippen LogP contribution in [0, 0.1) is 0 Å². The van der Waals surface area contributed by atoms with Crippen molar-refractivity contribution in [2.45, 2.75) is 0 Å². The van der Waals surface area contributed by atoms with Gasteiger partial charge in [0, 0.05) is 11.1 Å². The number of amides is 2. The second-order valence-electron chi connectivity index (χ2n) is 6.63. The average molecular weight is 573 g/mol. The summed E-state index contributed by atoms with van der Waals surface area (Å²) < 4.78 is 6.13. The maximum Gasteiger partial charge on any atom is 0.287 e. The van der Waals surface area contributed by atoms with Crippen molar-refractivity contribution in [3.8, 4) is 11.5 Å². The number of carbonyl (C=O) groups is 2. The molecule has 0 aliphatic rings. The van der Waals surface area contributed by atoms with Crippen LogP contribution in [0.25, 0.3) is 6.08 Å². The number of phenols is 1. The summed E-state index contributed by atoms with van der Waals surface area (Å²) >= 11 is 6.61. The Morgan fingerprint density at radius 2 is 1.67 bits per heavy atom. The number of hydrogen-bond donors (Lipinski definition) is 3. The van der Waals surface area contributed by atoms with Crippen LogP contribution in [0.2, 0.25) is 0 Å². The number of ether oxygens (including phenoxy) is 1. The minimum atomic E-state index is -0.634. The van der Waals surface area contributed by atoms with Crippen LogP contribution in [0.3, 0.4) is 0 Å². The number of carbonyl (C=O) groups excluding carboxylic acids is 2. The second-order valence-corrected chi connectivity index (χ2v) is 8.28. The molecular weight excluding hydrogens is 554 g/mol. The summed E-state index contributed by atoms with van der Waals surface area (Å²) in [6, 6.07) is 19.2. The smallest absolute Gasteiger partial charge is 0.287 e. The predicted molar refractivity (Wildman–Crippen MR) is 134 cm³/mol. The van der Waals surface area contributed by atoms with E-state index < -0.39 is 11.8 Å². The van der Waals surface area contributed by atoms with Crippen LogP contribution in [0.5, 0.6) is 11.5 Å². The van der Waals surface area contributed by atoms with Crippen molar-refractivity contribution >= 4 is 56.0 Å². The first-order chi connectivity index (χ1) is 15.9. The van der Waals surface area contributed by atoms with Crippen LogP contribution in [-0.2, 0) is 4.79 Å². The molecular formula is C24H19Br2N3O4. The minimum absolute atomic E-state index is 0.00789. The lowest BCUT2D eigenvalue weighted by molar-refractivity contribution is -0.117. The van der Waals surface area contributed by atoms with Crippen LogP contribution in [0.4, 0.5) is 0 Å². The Kier molecular flexibility index (Phi) is 8.39. The first-order valence-electron chi connectivity index (χ1n) is 9.62. The summed E-state index contributed by atoms with van der Waals surface area (Å²) in [5, 5.41) is 16.9. The van der Waals surface area contributed by atoms with Gasteiger partial charge < -0.3 is 15.2 Å². The van der Waals surface area contributed by atoms with Gasteiger partial charge in [0.25, 0.3) is 11.8 Å². The van der Waals surface area contributed by atoms with E-state index in [2.05, 4.69) is 47.7 Å². The number of aromatic hydroxyl groups is 1.